The number of benzene rings is 2. The van der Waals surface area contributed by atoms with Crippen molar-refractivity contribution >= 4 is 5.78 Å². The van der Waals surface area contributed by atoms with E-state index in [0.29, 0.717) is 23.3 Å². The first-order chi connectivity index (χ1) is 13.0. The van der Waals surface area contributed by atoms with Crippen molar-refractivity contribution in [2.45, 2.75) is 26.9 Å². The first-order valence-electron chi connectivity index (χ1n) is 8.73. The Morgan fingerprint density at radius 2 is 1.78 bits per heavy atom. The number of carbonyl (C=O) groups is 1. The molecular formula is C23H20N2O2. The van der Waals surface area contributed by atoms with Gasteiger partial charge in [0, 0.05) is 28.9 Å². The lowest BCUT2D eigenvalue weighted by molar-refractivity contribution is 0.0992. The number of carbonyl (C=O) groups excluding carboxylic acids is 1. The van der Waals surface area contributed by atoms with Crippen molar-refractivity contribution in [3.63, 3.8) is 0 Å². The number of aromatic nitrogens is 1. The van der Waals surface area contributed by atoms with E-state index in [2.05, 4.69) is 11.1 Å². The summed E-state index contributed by atoms with van der Waals surface area (Å²) in [5.41, 5.74) is 4.79. The summed E-state index contributed by atoms with van der Waals surface area (Å²) in [5.74, 6) is 0.638. The van der Waals surface area contributed by atoms with Gasteiger partial charge in [-0.1, -0.05) is 30.3 Å². The van der Waals surface area contributed by atoms with E-state index in [1.807, 2.05) is 56.3 Å². The Kier molecular flexibility index (Phi) is 5.63. The molecule has 0 bridgehead atoms. The fraction of sp³-hybridized carbons (Fsp3) is 0.174. The van der Waals surface area contributed by atoms with Gasteiger partial charge in [-0.3, -0.25) is 9.78 Å². The highest BCUT2D eigenvalue weighted by Crippen LogP contribution is 2.18. The average Bonchev–Trinajstić information content (AvgIpc) is 2.66. The van der Waals surface area contributed by atoms with Crippen LogP contribution in [0.25, 0.3) is 0 Å². The van der Waals surface area contributed by atoms with Crippen LogP contribution in [0, 0.1) is 25.2 Å². The molecule has 27 heavy (non-hydrogen) atoms. The molecule has 0 N–H and O–H groups in total. The second kappa shape index (κ2) is 8.29. The van der Waals surface area contributed by atoms with Gasteiger partial charge in [0.05, 0.1) is 11.6 Å². The fourth-order valence-electron chi connectivity index (χ4n) is 2.99. The van der Waals surface area contributed by atoms with Crippen molar-refractivity contribution in [2.75, 3.05) is 0 Å². The monoisotopic (exact) mass is 356 g/mol. The molecule has 0 radical (unpaired) electrons. The molecule has 0 unspecified atom stereocenters. The third-order valence-electron chi connectivity index (χ3n) is 4.19. The number of Topliss-reactive ketones (excluding diaryl/α,β-unsaturated/α-hetero) is 1. The molecule has 0 fully saturated rings. The van der Waals surface area contributed by atoms with Crippen LogP contribution < -0.4 is 4.74 Å². The standard InChI is InChI=1S/C23H20N2O2/c1-16-10-18(11-17(2)25-16)12-23(26)19-8-5-9-22(13-19)27-15-21-7-4-3-6-20(21)14-24/h3-11,13H,12,15H2,1-2H3. The van der Waals surface area contributed by atoms with Gasteiger partial charge in [-0.25, -0.2) is 0 Å². The van der Waals surface area contributed by atoms with Crippen molar-refractivity contribution in [1.29, 1.82) is 5.26 Å². The van der Waals surface area contributed by atoms with Crippen LogP contribution in [0.3, 0.4) is 0 Å². The van der Waals surface area contributed by atoms with E-state index in [1.165, 1.54) is 0 Å². The minimum Gasteiger partial charge on any atom is -0.489 e. The molecule has 1 aromatic heterocycles. The summed E-state index contributed by atoms with van der Waals surface area (Å²) in [6.45, 7) is 4.13. The van der Waals surface area contributed by atoms with Crippen molar-refractivity contribution in [3.05, 3.63) is 94.3 Å². The van der Waals surface area contributed by atoms with Gasteiger partial charge in [0.25, 0.3) is 0 Å². The number of hydrogen-bond acceptors (Lipinski definition) is 4. The summed E-state index contributed by atoms with van der Waals surface area (Å²) in [6.07, 6.45) is 0.324. The van der Waals surface area contributed by atoms with E-state index in [9.17, 15) is 4.79 Å². The molecule has 3 rings (SSSR count). The molecule has 4 heteroatoms. The van der Waals surface area contributed by atoms with Crippen molar-refractivity contribution in [3.8, 4) is 11.8 Å². The first kappa shape index (κ1) is 18.3. The molecule has 0 aliphatic carbocycles. The van der Waals surface area contributed by atoms with Gasteiger partial charge in [-0.2, -0.15) is 5.26 Å². The van der Waals surface area contributed by atoms with Gasteiger partial charge < -0.3 is 4.74 Å². The molecule has 0 amide bonds. The number of nitriles is 1. The quantitative estimate of drug-likeness (QED) is 0.607. The molecule has 3 aromatic rings. The van der Waals surface area contributed by atoms with Crippen LogP contribution in [0.5, 0.6) is 5.75 Å². The van der Waals surface area contributed by atoms with Crippen LogP contribution in [0.2, 0.25) is 0 Å². The molecule has 134 valence electrons. The Morgan fingerprint density at radius 1 is 1.04 bits per heavy atom. The van der Waals surface area contributed by atoms with Crippen LogP contribution in [-0.4, -0.2) is 10.8 Å². The summed E-state index contributed by atoms with van der Waals surface area (Å²) in [7, 11) is 0. The van der Waals surface area contributed by atoms with Gasteiger partial charge in [0.2, 0.25) is 0 Å². The highest BCUT2D eigenvalue weighted by atomic mass is 16.5. The number of rotatable bonds is 6. The molecule has 0 saturated heterocycles. The number of ether oxygens (including phenoxy) is 1. The van der Waals surface area contributed by atoms with Crippen LogP contribution in [-0.2, 0) is 13.0 Å². The van der Waals surface area contributed by atoms with Crippen molar-refractivity contribution < 1.29 is 9.53 Å². The molecule has 0 atom stereocenters. The summed E-state index contributed by atoms with van der Waals surface area (Å²) < 4.78 is 5.80. The Balaban J connectivity index is 1.71. The summed E-state index contributed by atoms with van der Waals surface area (Å²) >= 11 is 0. The maximum Gasteiger partial charge on any atom is 0.167 e. The lowest BCUT2D eigenvalue weighted by atomic mass is 10.0. The van der Waals surface area contributed by atoms with Crippen LogP contribution in [0.15, 0.2) is 60.7 Å². The zero-order chi connectivity index (χ0) is 19.2. The second-order valence-corrected chi connectivity index (χ2v) is 6.44. The highest BCUT2D eigenvalue weighted by Gasteiger charge is 2.10. The van der Waals surface area contributed by atoms with E-state index >= 15 is 0 Å². The Labute approximate surface area is 159 Å². The van der Waals surface area contributed by atoms with E-state index in [-0.39, 0.29) is 12.4 Å². The SMILES string of the molecule is Cc1cc(CC(=O)c2cccc(OCc3ccccc3C#N)c2)cc(C)n1. The summed E-state index contributed by atoms with van der Waals surface area (Å²) in [4.78, 5) is 17.0. The van der Waals surface area contributed by atoms with Crippen molar-refractivity contribution in [1.82, 2.24) is 4.98 Å². The maximum absolute atomic E-state index is 12.6. The predicted octanol–water partition coefficient (Wildman–Crippen LogP) is 4.57. The molecule has 2 aromatic carbocycles. The fourth-order valence-corrected chi connectivity index (χ4v) is 2.99. The average molecular weight is 356 g/mol. The minimum atomic E-state index is 0.0304. The Morgan fingerprint density at radius 3 is 2.52 bits per heavy atom. The topological polar surface area (TPSA) is 63.0 Å². The molecule has 4 nitrogen and oxygen atoms in total. The molecule has 0 spiro atoms. The smallest absolute Gasteiger partial charge is 0.167 e. The Bertz CT molecular complexity index is 999. The highest BCUT2D eigenvalue weighted by molar-refractivity contribution is 5.97. The van der Waals surface area contributed by atoms with Gasteiger partial charge in [-0.15, -0.1) is 0 Å². The predicted molar refractivity (Wildman–Crippen MR) is 104 cm³/mol. The van der Waals surface area contributed by atoms with Crippen molar-refractivity contribution in [2.24, 2.45) is 0 Å². The van der Waals surface area contributed by atoms with Crippen LogP contribution >= 0.6 is 0 Å². The number of nitrogens with zero attached hydrogens (tertiary/aromatic N) is 2. The lowest BCUT2D eigenvalue weighted by Gasteiger charge is -2.09. The molecule has 0 saturated carbocycles. The number of hydrogen-bond donors (Lipinski definition) is 0. The van der Waals surface area contributed by atoms with Gasteiger partial charge >= 0.3 is 0 Å². The molecule has 0 aliphatic heterocycles. The van der Waals surface area contributed by atoms with E-state index in [1.54, 1.807) is 18.2 Å². The largest absolute Gasteiger partial charge is 0.489 e. The lowest BCUT2D eigenvalue weighted by Crippen LogP contribution is -2.05. The second-order valence-electron chi connectivity index (χ2n) is 6.44. The number of pyridine rings is 1. The molecule has 0 aliphatic rings. The third-order valence-corrected chi connectivity index (χ3v) is 4.19. The van der Waals surface area contributed by atoms with Gasteiger partial charge in [-0.05, 0) is 49.7 Å². The summed E-state index contributed by atoms with van der Waals surface area (Å²) in [5, 5.41) is 9.16. The molecule has 1 heterocycles. The van der Waals surface area contributed by atoms with Crippen LogP contribution in [0.1, 0.15) is 38.4 Å². The molecular weight excluding hydrogens is 336 g/mol. The zero-order valence-electron chi connectivity index (χ0n) is 15.4. The van der Waals surface area contributed by atoms with Crippen LogP contribution in [0.4, 0.5) is 0 Å². The normalized spacial score (nSPS) is 10.3. The maximum atomic E-state index is 12.6. The number of ketones is 1. The third kappa shape index (κ3) is 4.80. The first-order valence-corrected chi connectivity index (χ1v) is 8.73. The van der Waals surface area contributed by atoms with E-state index in [4.69, 9.17) is 10.00 Å². The van der Waals surface area contributed by atoms with Gasteiger partial charge in [0.1, 0.15) is 12.4 Å². The number of aryl methyl sites for hydroxylation is 2. The van der Waals surface area contributed by atoms with E-state index in [0.717, 1.165) is 22.5 Å². The zero-order valence-corrected chi connectivity index (χ0v) is 15.4. The minimum absolute atomic E-state index is 0.0304. The van der Waals surface area contributed by atoms with Gasteiger partial charge in [0.15, 0.2) is 5.78 Å². The Hall–Kier alpha value is -3.45. The summed E-state index contributed by atoms with van der Waals surface area (Å²) in [6, 6.07) is 20.5. The van der Waals surface area contributed by atoms with E-state index < -0.39 is 0 Å².